The van der Waals surface area contributed by atoms with E-state index in [0.29, 0.717) is 12.3 Å². The summed E-state index contributed by atoms with van der Waals surface area (Å²) in [6.45, 7) is 9.21. The van der Waals surface area contributed by atoms with Crippen LogP contribution in [0.4, 0.5) is 9.93 Å². The summed E-state index contributed by atoms with van der Waals surface area (Å²) in [4.78, 5) is 26.9. The SMILES string of the molecule is CC(C)C/C=C(\C(=O)O)c1nsc(NC(=O)OC(C)(C)C)n1. The number of nitrogens with zero attached hydrogens (tertiary/aromatic N) is 2. The Morgan fingerprint density at radius 2 is 2.05 bits per heavy atom. The van der Waals surface area contributed by atoms with Crippen LogP contribution in [-0.4, -0.2) is 32.1 Å². The fourth-order valence-corrected chi connectivity index (χ4v) is 1.97. The van der Waals surface area contributed by atoms with Crippen LogP contribution in [0.25, 0.3) is 5.57 Å². The Bertz CT molecular complexity index is 573. The van der Waals surface area contributed by atoms with Crippen LogP contribution in [0.3, 0.4) is 0 Å². The molecule has 0 atom stereocenters. The van der Waals surface area contributed by atoms with E-state index in [9.17, 15) is 14.7 Å². The van der Waals surface area contributed by atoms with Gasteiger partial charge in [0, 0.05) is 11.5 Å². The molecule has 1 aromatic rings. The molecule has 1 rings (SSSR count). The Hall–Kier alpha value is -1.96. The minimum absolute atomic E-state index is 0.0298. The Morgan fingerprint density at radius 1 is 1.41 bits per heavy atom. The van der Waals surface area contributed by atoms with Gasteiger partial charge in [-0.2, -0.15) is 9.36 Å². The van der Waals surface area contributed by atoms with Crippen molar-refractivity contribution in [2.45, 2.75) is 46.6 Å². The first-order chi connectivity index (χ1) is 10.1. The van der Waals surface area contributed by atoms with Crippen LogP contribution in [0.5, 0.6) is 0 Å². The molecule has 7 nitrogen and oxygen atoms in total. The van der Waals surface area contributed by atoms with Crippen molar-refractivity contribution < 1.29 is 19.4 Å². The summed E-state index contributed by atoms with van der Waals surface area (Å²) in [6, 6.07) is 0. The zero-order chi connectivity index (χ0) is 16.9. The fourth-order valence-electron chi connectivity index (χ4n) is 1.40. The number of aliphatic carboxylic acids is 1. The van der Waals surface area contributed by atoms with E-state index >= 15 is 0 Å². The molecule has 0 fully saturated rings. The summed E-state index contributed by atoms with van der Waals surface area (Å²) in [5, 5.41) is 11.9. The first kappa shape index (κ1) is 18.1. The van der Waals surface area contributed by atoms with Crippen molar-refractivity contribution in [1.29, 1.82) is 0 Å². The van der Waals surface area contributed by atoms with Crippen LogP contribution >= 0.6 is 11.5 Å². The molecule has 0 aromatic carbocycles. The van der Waals surface area contributed by atoms with Gasteiger partial charge in [-0.3, -0.25) is 5.32 Å². The second-order valence-corrected chi connectivity index (χ2v) is 6.85. The number of carboxylic acid groups (broad SMARTS) is 1. The monoisotopic (exact) mass is 327 g/mol. The Kier molecular flexibility index (Phi) is 6.04. The van der Waals surface area contributed by atoms with Crippen molar-refractivity contribution in [2.24, 2.45) is 5.92 Å². The predicted octanol–water partition coefficient (Wildman–Crippen LogP) is 3.40. The number of aromatic nitrogens is 2. The second-order valence-electron chi connectivity index (χ2n) is 6.10. The smallest absolute Gasteiger partial charge is 0.414 e. The summed E-state index contributed by atoms with van der Waals surface area (Å²) >= 11 is 0.907. The van der Waals surface area contributed by atoms with E-state index in [4.69, 9.17) is 4.74 Å². The molecule has 0 unspecified atom stereocenters. The predicted molar refractivity (Wildman–Crippen MR) is 84.8 cm³/mol. The van der Waals surface area contributed by atoms with Gasteiger partial charge in [0.1, 0.15) is 11.2 Å². The molecule has 1 amide bonds. The summed E-state index contributed by atoms with van der Waals surface area (Å²) in [5.74, 6) is -0.682. The van der Waals surface area contributed by atoms with Gasteiger partial charge >= 0.3 is 12.1 Å². The summed E-state index contributed by atoms with van der Waals surface area (Å²) in [6.07, 6.45) is 1.54. The van der Waals surface area contributed by atoms with Gasteiger partial charge < -0.3 is 9.84 Å². The van der Waals surface area contributed by atoms with E-state index in [0.717, 1.165) is 11.5 Å². The normalized spacial score (nSPS) is 12.4. The average Bonchev–Trinajstić information content (AvgIpc) is 2.73. The highest BCUT2D eigenvalue weighted by atomic mass is 32.1. The molecule has 0 saturated carbocycles. The highest BCUT2D eigenvalue weighted by Gasteiger charge is 2.20. The van der Waals surface area contributed by atoms with Crippen LogP contribution < -0.4 is 5.32 Å². The molecular formula is C14H21N3O4S. The molecule has 0 bridgehead atoms. The van der Waals surface area contributed by atoms with Crippen molar-refractivity contribution in [3.05, 3.63) is 11.9 Å². The van der Waals surface area contributed by atoms with E-state index in [1.54, 1.807) is 26.8 Å². The van der Waals surface area contributed by atoms with Crippen LogP contribution in [0.2, 0.25) is 0 Å². The zero-order valence-corrected chi connectivity index (χ0v) is 14.2. The largest absolute Gasteiger partial charge is 0.478 e. The lowest BCUT2D eigenvalue weighted by Crippen LogP contribution is -2.27. The Labute approximate surface area is 133 Å². The van der Waals surface area contributed by atoms with Crippen molar-refractivity contribution >= 4 is 34.3 Å². The third kappa shape index (κ3) is 6.21. The van der Waals surface area contributed by atoms with Gasteiger partial charge in [-0.15, -0.1) is 0 Å². The van der Waals surface area contributed by atoms with E-state index < -0.39 is 17.7 Å². The number of amides is 1. The molecule has 0 aliphatic heterocycles. The number of rotatable bonds is 5. The molecule has 8 heteroatoms. The maximum Gasteiger partial charge on any atom is 0.414 e. The van der Waals surface area contributed by atoms with Crippen LogP contribution in [0, 0.1) is 5.92 Å². The number of nitrogens with one attached hydrogen (secondary N) is 1. The maximum atomic E-state index is 11.6. The van der Waals surface area contributed by atoms with Crippen molar-refractivity contribution in [3.8, 4) is 0 Å². The lowest BCUT2D eigenvalue weighted by atomic mass is 10.1. The van der Waals surface area contributed by atoms with E-state index in [1.165, 1.54) is 0 Å². The van der Waals surface area contributed by atoms with Gasteiger partial charge in [-0.1, -0.05) is 19.9 Å². The number of hydrogen-bond acceptors (Lipinski definition) is 6. The molecule has 1 heterocycles. The molecule has 0 radical (unpaired) electrons. The number of carbonyl (C=O) groups is 2. The van der Waals surface area contributed by atoms with Crippen molar-refractivity contribution in [3.63, 3.8) is 0 Å². The summed E-state index contributed by atoms with van der Waals surface area (Å²) in [7, 11) is 0. The van der Waals surface area contributed by atoms with E-state index in [-0.39, 0.29) is 16.5 Å². The van der Waals surface area contributed by atoms with Crippen LogP contribution in [-0.2, 0) is 9.53 Å². The van der Waals surface area contributed by atoms with Gasteiger partial charge in [0.05, 0.1) is 0 Å². The molecule has 2 N–H and O–H groups in total. The van der Waals surface area contributed by atoms with E-state index in [2.05, 4.69) is 14.7 Å². The molecule has 22 heavy (non-hydrogen) atoms. The maximum absolute atomic E-state index is 11.6. The topological polar surface area (TPSA) is 101 Å². The molecular weight excluding hydrogens is 306 g/mol. The number of ether oxygens (including phenoxy) is 1. The van der Waals surface area contributed by atoms with Gasteiger partial charge in [-0.25, -0.2) is 9.59 Å². The van der Waals surface area contributed by atoms with Gasteiger partial charge in [0.25, 0.3) is 0 Å². The minimum atomic E-state index is -1.10. The second kappa shape index (κ2) is 7.35. The Morgan fingerprint density at radius 3 is 2.55 bits per heavy atom. The zero-order valence-electron chi connectivity index (χ0n) is 13.3. The van der Waals surface area contributed by atoms with Gasteiger partial charge in [0.15, 0.2) is 5.82 Å². The number of hydrogen-bond donors (Lipinski definition) is 2. The molecule has 0 spiro atoms. The average molecular weight is 327 g/mol. The van der Waals surface area contributed by atoms with Gasteiger partial charge in [0.2, 0.25) is 5.13 Å². The quantitative estimate of drug-likeness (QED) is 0.804. The first-order valence-corrected chi connectivity index (χ1v) is 7.63. The summed E-state index contributed by atoms with van der Waals surface area (Å²) < 4.78 is 9.07. The highest BCUT2D eigenvalue weighted by molar-refractivity contribution is 7.10. The van der Waals surface area contributed by atoms with Crippen LogP contribution in [0.1, 0.15) is 46.9 Å². The lowest BCUT2D eigenvalue weighted by molar-refractivity contribution is -0.130. The molecule has 0 aliphatic rings. The van der Waals surface area contributed by atoms with Crippen LogP contribution in [0.15, 0.2) is 6.08 Å². The number of carboxylic acids is 1. The first-order valence-electron chi connectivity index (χ1n) is 6.86. The van der Waals surface area contributed by atoms with Crippen molar-refractivity contribution in [1.82, 2.24) is 9.36 Å². The molecule has 0 aliphatic carbocycles. The third-order valence-electron chi connectivity index (χ3n) is 2.30. The molecule has 0 saturated heterocycles. The lowest BCUT2D eigenvalue weighted by Gasteiger charge is -2.18. The standard InChI is InChI=1S/C14H21N3O4S/c1-8(2)6-7-9(11(18)19)10-15-12(22-17-10)16-13(20)21-14(3,4)5/h7-8H,6H2,1-5H3,(H,18,19)(H,15,16,17,20)/b9-7-. The Balaban J connectivity index is 2.83. The summed E-state index contributed by atoms with van der Waals surface area (Å²) in [5.41, 5.74) is -0.594. The van der Waals surface area contributed by atoms with Crippen molar-refractivity contribution in [2.75, 3.05) is 5.32 Å². The highest BCUT2D eigenvalue weighted by Crippen LogP contribution is 2.20. The van der Waals surface area contributed by atoms with E-state index in [1.807, 2.05) is 13.8 Å². The third-order valence-corrected chi connectivity index (χ3v) is 2.93. The molecule has 1 aromatic heterocycles. The number of anilines is 1. The minimum Gasteiger partial charge on any atom is -0.478 e. The fraction of sp³-hybridized carbons (Fsp3) is 0.571. The number of allylic oxidation sites excluding steroid dienone is 1. The van der Waals surface area contributed by atoms with Gasteiger partial charge in [-0.05, 0) is 33.1 Å². The number of carbonyl (C=O) groups excluding carboxylic acids is 1. The molecule has 122 valence electrons.